The van der Waals surface area contributed by atoms with Crippen LogP contribution in [0.2, 0.25) is 5.15 Å². The van der Waals surface area contributed by atoms with E-state index in [-0.39, 0.29) is 17.3 Å². The zero-order chi connectivity index (χ0) is 15.9. The van der Waals surface area contributed by atoms with Crippen molar-refractivity contribution in [1.82, 2.24) is 19.7 Å². The summed E-state index contributed by atoms with van der Waals surface area (Å²) in [4.78, 5) is 7.98. The van der Waals surface area contributed by atoms with Crippen molar-refractivity contribution < 1.29 is 8.78 Å². The van der Waals surface area contributed by atoms with Gasteiger partial charge in [0.2, 0.25) is 5.95 Å². The molecule has 0 amide bonds. The molecule has 2 aromatic rings. The summed E-state index contributed by atoms with van der Waals surface area (Å²) < 4.78 is 28.6. The number of rotatable bonds is 5. The molecule has 0 bridgehead atoms. The van der Waals surface area contributed by atoms with Crippen molar-refractivity contribution in [3.63, 3.8) is 0 Å². The van der Waals surface area contributed by atoms with Gasteiger partial charge in [-0.25, -0.2) is 18.4 Å². The SMILES string of the molecule is CNc1nc(Nc2cnn(C3CC3)c2Cl)ncc1C(C)(F)F. The molecule has 0 aliphatic heterocycles. The smallest absolute Gasteiger partial charge is 0.275 e. The van der Waals surface area contributed by atoms with Gasteiger partial charge >= 0.3 is 0 Å². The third-order valence-corrected chi connectivity index (χ3v) is 3.75. The Labute approximate surface area is 130 Å². The molecule has 0 saturated heterocycles. The summed E-state index contributed by atoms with van der Waals surface area (Å²) in [5.74, 6) is -2.78. The number of alkyl halides is 2. The lowest BCUT2D eigenvalue weighted by Gasteiger charge is -2.15. The predicted octanol–water partition coefficient (Wildman–Crippen LogP) is 3.56. The molecule has 0 aromatic carbocycles. The molecule has 3 rings (SSSR count). The van der Waals surface area contributed by atoms with Gasteiger partial charge in [0.1, 0.15) is 5.82 Å². The number of halogens is 3. The van der Waals surface area contributed by atoms with E-state index in [2.05, 4.69) is 25.7 Å². The van der Waals surface area contributed by atoms with Crippen LogP contribution < -0.4 is 10.6 Å². The van der Waals surface area contributed by atoms with Gasteiger partial charge in [0, 0.05) is 20.2 Å². The summed E-state index contributed by atoms with van der Waals surface area (Å²) in [6, 6.07) is 0.345. The fraction of sp³-hybridized carbons (Fsp3) is 0.462. The van der Waals surface area contributed by atoms with Crippen molar-refractivity contribution in [1.29, 1.82) is 0 Å². The summed E-state index contributed by atoms with van der Waals surface area (Å²) in [6.07, 6.45) is 4.79. The Balaban J connectivity index is 1.86. The number of anilines is 3. The van der Waals surface area contributed by atoms with Crippen molar-refractivity contribution >= 4 is 29.1 Å². The van der Waals surface area contributed by atoms with E-state index >= 15 is 0 Å². The van der Waals surface area contributed by atoms with Gasteiger partial charge in [-0.3, -0.25) is 0 Å². The van der Waals surface area contributed by atoms with Crippen molar-refractivity contribution in [3.8, 4) is 0 Å². The summed E-state index contributed by atoms with van der Waals surface area (Å²) >= 11 is 6.23. The lowest BCUT2D eigenvalue weighted by molar-refractivity contribution is 0.0176. The lowest BCUT2D eigenvalue weighted by Crippen LogP contribution is -2.13. The third-order valence-electron chi connectivity index (χ3n) is 3.37. The molecule has 2 N–H and O–H groups in total. The van der Waals surface area contributed by atoms with Gasteiger partial charge in [-0.1, -0.05) is 11.6 Å². The van der Waals surface area contributed by atoms with E-state index in [4.69, 9.17) is 11.6 Å². The minimum absolute atomic E-state index is 0.0655. The minimum Gasteiger partial charge on any atom is -0.373 e. The van der Waals surface area contributed by atoms with Crippen molar-refractivity contribution in [2.45, 2.75) is 31.7 Å². The maximum absolute atomic E-state index is 13.4. The van der Waals surface area contributed by atoms with E-state index in [0.717, 1.165) is 26.0 Å². The second-order valence-electron chi connectivity index (χ2n) is 5.24. The van der Waals surface area contributed by atoms with E-state index in [1.54, 1.807) is 10.9 Å². The molecule has 1 aliphatic rings. The molecule has 0 spiro atoms. The molecule has 1 saturated carbocycles. The van der Waals surface area contributed by atoms with Crippen LogP contribution in [0.25, 0.3) is 0 Å². The van der Waals surface area contributed by atoms with E-state index in [0.29, 0.717) is 16.9 Å². The molecule has 1 aliphatic carbocycles. The molecule has 1 fully saturated rings. The highest BCUT2D eigenvalue weighted by molar-refractivity contribution is 6.32. The largest absolute Gasteiger partial charge is 0.373 e. The molecular weight excluding hydrogens is 314 g/mol. The maximum Gasteiger partial charge on any atom is 0.275 e. The van der Waals surface area contributed by atoms with Crippen LogP contribution in [-0.2, 0) is 5.92 Å². The zero-order valence-corrected chi connectivity index (χ0v) is 12.8. The molecule has 2 heterocycles. The summed E-state index contributed by atoms with van der Waals surface area (Å²) in [5, 5.41) is 10.2. The van der Waals surface area contributed by atoms with E-state index < -0.39 is 5.92 Å². The van der Waals surface area contributed by atoms with Gasteiger partial charge in [0.15, 0.2) is 5.15 Å². The number of nitrogens with zero attached hydrogens (tertiary/aromatic N) is 4. The second kappa shape index (κ2) is 5.35. The van der Waals surface area contributed by atoms with Gasteiger partial charge < -0.3 is 10.6 Å². The van der Waals surface area contributed by atoms with Gasteiger partial charge in [0.25, 0.3) is 5.92 Å². The highest BCUT2D eigenvalue weighted by Gasteiger charge is 2.30. The lowest BCUT2D eigenvalue weighted by atomic mass is 10.2. The molecule has 22 heavy (non-hydrogen) atoms. The van der Waals surface area contributed by atoms with Crippen LogP contribution in [-0.4, -0.2) is 26.8 Å². The molecule has 0 unspecified atom stereocenters. The average Bonchev–Trinajstić information content (AvgIpc) is 3.24. The van der Waals surface area contributed by atoms with E-state index in [1.807, 2.05) is 0 Å². The zero-order valence-electron chi connectivity index (χ0n) is 12.1. The molecular formula is C13H15ClF2N6. The van der Waals surface area contributed by atoms with Gasteiger partial charge in [0.05, 0.1) is 23.5 Å². The van der Waals surface area contributed by atoms with Crippen molar-refractivity contribution in [2.24, 2.45) is 0 Å². The topological polar surface area (TPSA) is 67.7 Å². The van der Waals surface area contributed by atoms with Crippen molar-refractivity contribution in [3.05, 3.63) is 23.1 Å². The number of hydrogen-bond donors (Lipinski definition) is 2. The quantitative estimate of drug-likeness (QED) is 0.878. The van der Waals surface area contributed by atoms with Crippen LogP contribution in [0.1, 0.15) is 31.4 Å². The van der Waals surface area contributed by atoms with E-state index in [1.165, 1.54) is 7.05 Å². The van der Waals surface area contributed by atoms with Crippen LogP contribution in [0.3, 0.4) is 0 Å². The Morgan fingerprint density at radius 1 is 1.36 bits per heavy atom. The first kappa shape index (κ1) is 15.0. The third kappa shape index (κ3) is 2.83. The summed E-state index contributed by atoms with van der Waals surface area (Å²) in [7, 11) is 1.53. The minimum atomic E-state index is -3.02. The fourth-order valence-electron chi connectivity index (χ4n) is 2.08. The Hall–Kier alpha value is -1.96. The molecule has 118 valence electrons. The average molecular weight is 329 g/mol. The maximum atomic E-state index is 13.4. The molecule has 6 nitrogen and oxygen atoms in total. The first-order chi connectivity index (χ1) is 10.4. The number of nitrogens with one attached hydrogen (secondary N) is 2. The molecule has 2 aromatic heterocycles. The number of hydrogen-bond acceptors (Lipinski definition) is 5. The highest BCUT2D eigenvalue weighted by atomic mass is 35.5. The fourth-order valence-corrected chi connectivity index (χ4v) is 2.36. The van der Waals surface area contributed by atoms with Crippen LogP contribution >= 0.6 is 11.6 Å². The van der Waals surface area contributed by atoms with Gasteiger partial charge in [-0.05, 0) is 12.8 Å². The monoisotopic (exact) mass is 328 g/mol. The Bertz CT molecular complexity index is 692. The Morgan fingerprint density at radius 3 is 2.68 bits per heavy atom. The summed E-state index contributed by atoms with van der Waals surface area (Å²) in [6.45, 7) is 0.802. The Morgan fingerprint density at radius 2 is 2.09 bits per heavy atom. The Kier molecular flexibility index (Phi) is 3.64. The first-order valence-corrected chi connectivity index (χ1v) is 7.21. The predicted molar refractivity (Wildman–Crippen MR) is 79.9 cm³/mol. The standard InChI is InChI=1S/C13H15ClF2N6/c1-13(15,16)8-5-18-12(21-11(8)17-2)20-9-6-19-22(10(9)14)7-3-4-7/h5-7H,3-4H2,1-2H3,(H2,17,18,20,21). The van der Waals surface area contributed by atoms with Gasteiger partial charge in [-0.2, -0.15) is 10.1 Å². The number of aromatic nitrogens is 4. The molecule has 0 atom stereocenters. The van der Waals surface area contributed by atoms with Crippen LogP contribution in [0.5, 0.6) is 0 Å². The van der Waals surface area contributed by atoms with Crippen LogP contribution in [0.4, 0.5) is 26.2 Å². The molecule has 0 radical (unpaired) electrons. The van der Waals surface area contributed by atoms with Crippen LogP contribution in [0, 0.1) is 0 Å². The highest BCUT2D eigenvalue weighted by Crippen LogP contribution is 2.39. The summed E-state index contributed by atoms with van der Waals surface area (Å²) in [5.41, 5.74) is 0.284. The van der Waals surface area contributed by atoms with Gasteiger partial charge in [-0.15, -0.1) is 0 Å². The van der Waals surface area contributed by atoms with Crippen LogP contribution in [0.15, 0.2) is 12.4 Å². The normalized spacial score (nSPS) is 15.0. The van der Waals surface area contributed by atoms with E-state index in [9.17, 15) is 8.78 Å². The second-order valence-corrected chi connectivity index (χ2v) is 5.60. The molecule has 9 heteroatoms. The first-order valence-electron chi connectivity index (χ1n) is 6.83. The van der Waals surface area contributed by atoms with Crippen molar-refractivity contribution in [2.75, 3.05) is 17.7 Å².